The van der Waals surface area contributed by atoms with E-state index in [0.717, 1.165) is 13.0 Å². The van der Waals surface area contributed by atoms with Gasteiger partial charge in [-0.2, -0.15) is 0 Å². The summed E-state index contributed by atoms with van der Waals surface area (Å²) in [5.74, 6) is 0.491. The van der Waals surface area contributed by atoms with Gasteiger partial charge in [-0.1, -0.05) is 52.0 Å². The van der Waals surface area contributed by atoms with E-state index in [1.165, 1.54) is 11.1 Å². The van der Waals surface area contributed by atoms with Crippen LogP contribution in [0.25, 0.3) is 0 Å². The molecule has 1 rings (SSSR count). The first-order chi connectivity index (χ1) is 8.63. The van der Waals surface area contributed by atoms with Crippen LogP contribution in [0.5, 0.6) is 0 Å². The lowest BCUT2D eigenvalue weighted by atomic mass is 9.92. The topological polar surface area (TPSA) is 21.3 Å². The van der Waals surface area contributed by atoms with Crippen molar-refractivity contribution >= 4 is 0 Å². The lowest BCUT2D eigenvalue weighted by molar-refractivity contribution is 0.0331. The monoisotopic (exact) mass is 249 g/mol. The standard InChI is InChI=1S/C16H27NO/c1-6-13-8-10-14(11-9-13)15(17-7-2)16(18-5)12(3)4/h8-12,15-17H,6-7H2,1-5H3. The average Bonchev–Trinajstić information content (AvgIpc) is 2.38. The number of hydrogen-bond donors (Lipinski definition) is 1. The Morgan fingerprint density at radius 2 is 1.72 bits per heavy atom. The van der Waals surface area contributed by atoms with Gasteiger partial charge in [-0.25, -0.2) is 0 Å². The first kappa shape index (κ1) is 15.2. The van der Waals surface area contributed by atoms with Crippen LogP contribution < -0.4 is 5.32 Å². The van der Waals surface area contributed by atoms with E-state index in [4.69, 9.17) is 4.74 Å². The first-order valence-corrected chi connectivity index (χ1v) is 6.99. The van der Waals surface area contributed by atoms with Crippen molar-refractivity contribution in [2.75, 3.05) is 13.7 Å². The maximum absolute atomic E-state index is 5.67. The fourth-order valence-corrected chi connectivity index (χ4v) is 2.40. The maximum atomic E-state index is 5.67. The van der Waals surface area contributed by atoms with Crippen molar-refractivity contribution in [2.45, 2.75) is 46.3 Å². The molecule has 1 N–H and O–H groups in total. The number of hydrogen-bond acceptors (Lipinski definition) is 2. The molecule has 0 fully saturated rings. The molecule has 0 saturated heterocycles. The van der Waals surface area contributed by atoms with E-state index < -0.39 is 0 Å². The van der Waals surface area contributed by atoms with E-state index in [1.807, 2.05) is 0 Å². The molecule has 0 aliphatic carbocycles. The number of aryl methyl sites for hydroxylation is 1. The van der Waals surface area contributed by atoms with Gasteiger partial charge >= 0.3 is 0 Å². The second-order valence-electron chi connectivity index (χ2n) is 5.07. The molecule has 0 bridgehead atoms. The molecule has 2 nitrogen and oxygen atoms in total. The van der Waals surface area contributed by atoms with Crippen molar-refractivity contribution < 1.29 is 4.74 Å². The molecule has 1 aromatic rings. The fourth-order valence-electron chi connectivity index (χ4n) is 2.40. The maximum Gasteiger partial charge on any atom is 0.0788 e. The molecule has 18 heavy (non-hydrogen) atoms. The summed E-state index contributed by atoms with van der Waals surface area (Å²) in [7, 11) is 1.80. The van der Waals surface area contributed by atoms with E-state index in [-0.39, 0.29) is 12.1 Å². The summed E-state index contributed by atoms with van der Waals surface area (Å²) in [6.45, 7) is 9.69. The van der Waals surface area contributed by atoms with Crippen LogP contribution in [0.1, 0.15) is 44.9 Å². The molecule has 0 aliphatic rings. The Kier molecular flexibility index (Phi) is 6.37. The van der Waals surface area contributed by atoms with Gasteiger partial charge in [0.1, 0.15) is 0 Å². The van der Waals surface area contributed by atoms with Crippen molar-refractivity contribution in [2.24, 2.45) is 5.92 Å². The zero-order valence-corrected chi connectivity index (χ0v) is 12.4. The summed E-state index contributed by atoms with van der Waals surface area (Å²) < 4.78 is 5.67. The minimum atomic E-state index is 0.206. The predicted octanol–water partition coefficient (Wildman–Crippen LogP) is 3.57. The summed E-state index contributed by atoms with van der Waals surface area (Å²) in [6, 6.07) is 9.14. The number of likely N-dealkylation sites (N-methyl/N-ethyl adjacent to an activating group) is 1. The van der Waals surface area contributed by atoms with E-state index in [9.17, 15) is 0 Å². The molecule has 102 valence electrons. The van der Waals surface area contributed by atoms with Crippen LogP contribution in [-0.2, 0) is 11.2 Å². The Hall–Kier alpha value is -0.860. The van der Waals surface area contributed by atoms with Gasteiger partial charge in [0.2, 0.25) is 0 Å². The van der Waals surface area contributed by atoms with Gasteiger partial charge in [-0.15, -0.1) is 0 Å². The van der Waals surface area contributed by atoms with Crippen LogP contribution in [0.15, 0.2) is 24.3 Å². The number of methoxy groups -OCH3 is 1. The molecule has 0 aliphatic heterocycles. The van der Waals surface area contributed by atoms with Crippen LogP contribution in [0.2, 0.25) is 0 Å². The van der Waals surface area contributed by atoms with Crippen molar-refractivity contribution in [1.29, 1.82) is 0 Å². The molecule has 0 aromatic heterocycles. The van der Waals surface area contributed by atoms with Gasteiger partial charge < -0.3 is 10.1 Å². The lowest BCUT2D eigenvalue weighted by Crippen LogP contribution is -2.36. The Labute approximate surface area is 112 Å². The molecule has 0 spiro atoms. The van der Waals surface area contributed by atoms with E-state index in [2.05, 4.69) is 57.3 Å². The third-order valence-corrected chi connectivity index (χ3v) is 3.43. The molecule has 0 radical (unpaired) electrons. The average molecular weight is 249 g/mol. The number of ether oxygens (including phenoxy) is 1. The molecule has 0 saturated carbocycles. The molecule has 2 heteroatoms. The second-order valence-corrected chi connectivity index (χ2v) is 5.07. The molecular weight excluding hydrogens is 222 g/mol. The third kappa shape index (κ3) is 3.82. The molecule has 0 amide bonds. The molecule has 0 heterocycles. The minimum absolute atomic E-state index is 0.206. The third-order valence-electron chi connectivity index (χ3n) is 3.43. The first-order valence-electron chi connectivity index (χ1n) is 6.99. The second kappa shape index (κ2) is 7.55. The minimum Gasteiger partial charge on any atom is -0.379 e. The van der Waals surface area contributed by atoms with Crippen LogP contribution in [-0.4, -0.2) is 19.8 Å². The van der Waals surface area contributed by atoms with Crippen LogP contribution in [0.3, 0.4) is 0 Å². The predicted molar refractivity (Wildman–Crippen MR) is 77.9 cm³/mol. The number of rotatable bonds is 7. The van der Waals surface area contributed by atoms with Crippen molar-refractivity contribution in [3.63, 3.8) is 0 Å². The largest absolute Gasteiger partial charge is 0.379 e. The zero-order valence-electron chi connectivity index (χ0n) is 12.4. The van der Waals surface area contributed by atoms with Crippen molar-refractivity contribution in [3.8, 4) is 0 Å². The van der Waals surface area contributed by atoms with Crippen molar-refractivity contribution in [1.82, 2.24) is 5.32 Å². The Morgan fingerprint density at radius 3 is 2.11 bits per heavy atom. The summed E-state index contributed by atoms with van der Waals surface area (Å²) in [5.41, 5.74) is 2.70. The van der Waals surface area contributed by atoms with Gasteiger partial charge in [-0.05, 0) is 30.0 Å². The number of nitrogens with one attached hydrogen (secondary N) is 1. The zero-order chi connectivity index (χ0) is 13.5. The van der Waals surface area contributed by atoms with Gasteiger partial charge in [0.25, 0.3) is 0 Å². The Bertz CT molecular complexity index is 331. The lowest BCUT2D eigenvalue weighted by Gasteiger charge is -2.30. The van der Waals surface area contributed by atoms with E-state index in [0.29, 0.717) is 5.92 Å². The van der Waals surface area contributed by atoms with Crippen LogP contribution in [0, 0.1) is 5.92 Å². The smallest absolute Gasteiger partial charge is 0.0788 e. The van der Waals surface area contributed by atoms with Crippen molar-refractivity contribution in [3.05, 3.63) is 35.4 Å². The quantitative estimate of drug-likeness (QED) is 0.797. The van der Waals surface area contributed by atoms with Crippen LogP contribution >= 0.6 is 0 Å². The highest BCUT2D eigenvalue weighted by molar-refractivity contribution is 5.26. The van der Waals surface area contributed by atoms with Crippen LogP contribution in [0.4, 0.5) is 0 Å². The van der Waals surface area contributed by atoms with E-state index in [1.54, 1.807) is 7.11 Å². The summed E-state index contributed by atoms with van der Waals surface area (Å²) in [4.78, 5) is 0. The molecule has 2 atom stereocenters. The number of benzene rings is 1. The van der Waals surface area contributed by atoms with Gasteiger partial charge in [0, 0.05) is 7.11 Å². The van der Waals surface area contributed by atoms with Gasteiger partial charge in [0.15, 0.2) is 0 Å². The Balaban J connectivity index is 2.94. The summed E-state index contributed by atoms with van der Waals surface area (Å²) in [6.07, 6.45) is 1.29. The highest BCUT2D eigenvalue weighted by atomic mass is 16.5. The normalized spacial score (nSPS) is 14.8. The molecule has 1 aromatic carbocycles. The van der Waals surface area contributed by atoms with E-state index >= 15 is 0 Å². The molecule has 2 unspecified atom stereocenters. The highest BCUT2D eigenvalue weighted by Gasteiger charge is 2.24. The SMILES string of the molecule is CCNC(c1ccc(CC)cc1)C(OC)C(C)C. The Morgan fingerprint density at radius 1 is 1.11 bits per heavy atom. The highest BCUT2D eigenvalue weighted by Crippen LogP contribution is 2.24. The van der Waals surface area contributed by atoms with Gasteiger partial charge in [-0.3, -0.25) is 0 Å². The molecular formula is C16H27NO. The van der Waals surface area contributed by atoms with Gasteiger partial charge in [0.05, 0.1) is 12.1 Å². The fraction of sp³-hybridized carbons (Fsp3) is 0.625. The summed E-state index contributed by atoms with van der Waals surface area (Å²) in [5, 5.41) is 3.54. The summed E-state index contributed by atoms with van der Waals surface area (Å²) >= 11 is 0.